The van der Waals surface area contributed by atoms with Crippen molar-refractivity contribution < 1.29 is 0 Å². The number of nitrogen functional groups attached to an aromatic ring is 1. The second kappa shape index (κ2) is 6.21. The van der Waals surface area contributed by atoms with Gasteiger partial charge in [0.25, 0.3) is 0 Å². The van der Waals surface area contributed by atoms with Crippen LogP contribution in [0.15, 0.2) is 52.3 Å². The highest BCUT2D eigenvalue weighted by Gasteiger charge is 2.02. The molecule has 94 valence electrons. The number of para-hydroxylation sites is 1. The Morgan fingerprint density at radius 1 is 1.06 bits per heavy atom. The van der Waals surface area contributed by atoms with Gasteiger partial charge in [0.15, 0.2) is 0 Å². The van der Waals surface area contributed by atoms with Crippen LogP contribution in [0.4, 0.5) is 5.69 Å². The summed E-state index contributed by atoms with van der Waals surface area (Å²) in [4.78, 5) is 2.47. The van der Waals surface area contributed by atoms with E-state index in [1.807, 2.05) is 13.0 Å². The van der Waals surface area contributed by atoms with Crippen molar-refractivity contribution >= 4 is 29.2 Å². The van der Waals surface area contributed by atoms with Crippen molar-refractivity contribution in [3.05, 3.63) is 53.6 Å². The van der Waals surface area contributed by atoms with E-state index in [9.17, 15) is 0 Å². The zero-order valence-corrected chi connectivity index (χ0v) is 12.3. The Morgan fingerprint density at radius 3 is 2.44 bits per heavy atom. The molecule has 0 aliphatic rings. The van der Waals surface area contributed by atoms with Crippen molar-refractivity contribution in [2.75, 3.05) is 12.0 Å². The second-order valence-electron chi connectivity index (χ2n) is 4.12. The molecular formula is C15H17NS2. The van der Waals surface area contributed by atoms with Gasteiger partial charge in [-0.1, -0.05) is 24.3 Å². The number of rotatable bonds is 4. The molecule has 0 aromatic heterocycles. The average molecular weight is 275 g/mol. The van der Waals surface area contributed by atoms with E-state index in [1.165, 1.54) is 15.4 Å². The third kappa shape index (κ3) is 3.24. The Bertz CT molecular complexity index is 521. The molecule has 0 saturated carbocycles. The minimum Gasteiger partial charge on any atom is -0.398 e. The molecule has 0 unspecified atom stereocenters. The third-order valence-electron chi connectivity index (χ3n) is 2.84. The van der Waals surface area contributed by atoms with Crippen molar-refractivity contribution in [3.63, 3.8) is 0 Å². The van der Waals surface area contributed by atoms with E-state index >= 15 is 0 Å². The van der Waals surface area contributed by atoms with Gasteiger partial charge in [0.2, 0.25) is 0 Å². The molecule has 2 N–H and O–H groups in total. The predicted molar refractivity (Wildman–Crippen MR) is 83.4 cm³/mol. The molecule has 18 heavy (non-hydrogen) atoms. The van der Waals surface area contributed by atoms with Gasteiger partial charge in [-0.3, -0.25) is 0 Å². The van der Waals surface area contributed by atoms with Crippen LogP contribution in [-0.2, 0) is 5.75 Å². The van der Waals surface area contributed by atoms with Crippen molar-refractivity contribution in [2.45, 2.75) is 22.5 Å². The molecule has 0 amide bonds. The van der Waals surface area contributed by atoms with Crippen molar-refractivity contribution in [2.24, 2.45) is 0 Å². The molecule has 0 bridgehead atoms. The maximum atomic E-state index is 6.07. The summed E-state index contributed by atoms with van der Waals surface area (Å²) in [6.45, 7) is 2.05. The highest BCUT2D eigenvalue weighted by molar-refractivity contribution is 7.99. The lowest BCUT2D eigenvalue weighted by Gasteiger charge is -2.08. The van der Waals surface area contributed by atoms with Crippen LogP contribution in [0.3, 0.4) is 0 Å². The van der Waals surface area contributed by atoms with Gasteiger partial charge in [-0.15, -0.1) is 23.5 Å². The van der Waals surface area contributed by atoms with Crippen molar-refractivity contribution in [1.82, 2.24) is 0 Å². The number of anilines is 1. The van der Waals surface area contributed by atoms with Gasteiger partial charge < -0.3 is 5.73 Å². The zero-order chi connectivity index (χ0) is 13.0. The first-order valence-electron chi connectivity index (χ1n) is 5.81. The van der Waals surface area contributed by atoms with Gasteiger partial charge in [0.05, 0.1) is 0 Å². The van der Waals surface area contributed by atoms with Crippen LogP contribution in [0, 0.1) is 6.92 Å². The highest BCUT2D eigenvalue weighted by Crippen LogP contribution is 2.30. The number of benzene rings is 2. The minimum absolute atomic E-state index is 0.906. The summed E-state index contributed by atoms with van der Waals surface area (Å²) in [6.07, 6.45) is 2.09. The first-order chi connectivity index (χ1) is 8.70. The van der Waals surface area contributed by atoms with Gasteiger partial charge in [-0.25, -0.2) is 0 Å². The summed E-state index contributed by atoms with van der Waals surface area (Å²) in [7, 11) is 0. The number of nitrogens with two attached hydrogens (primary N) is 1. The topological polar surface area (TPSA) is 26.0 Å². The highest BCUT2D eigenvalue weighted by atomic mass is 32.2. The molecule has 0 heterocycles. The van der Waals surface area contributed by atoms with Crippen LogP contribution in [0.2, 0.25) is 0 Å². The molecular weight excluding hydrogens is 258 g/mol. The third-order valence-corrected chi connectivity index (χ3v) is 4.73. The smallest absolute Gasteiger partial charge is 0.0482 e. The monoisotopic (exact) mass is 275 g/mol. The Morgan fingerprint density at radius 2 is 1.78 bits per heavy atom. The van der Waals surface area contributed by atoms with Gasteiger partial charge in [-0.05, 0) is 42.5 Å². The number of thioether (sulfide) groups is 2. The van der Waals surface area contributed by atoms with E-state index in [0.717, 1.165) is 17.0 Å². The molecule has 2 rings (SSSR count). The van der Waals surface area contributed by atoms with Crippen molar-refractivity contribution in [1.29, 1.82) is 0 Å². The van der Waals surface area contributed by atoms with Crippen LogP contribution < -0.4 is 5.73 Å². The van der Waals surface area contributed by atoms with Gasteiger partial charge in [-0.2, -0.15) is 0 Å². The Balaban J connectivity index is 2.04. The Hall–Kier alpha value is -1.06. The van der Waals surface area contributed by atoms with Crippen LogP contribution >= 0.6 is 23.5 Å². The molecule has 1 nitrogen and oxygen atoms in total. The van der Waals surface area contributed by atoms with E-state index in [4.69, 9.17) is 5.73 Å². The van der Waals surface area contributed by atoms with Gasteiger partial charge in [0, 0.05) is 21.2 Å². The maximum Gasteiger partial charge on any atom is 0.0482 e. The molecule has 0 aliphatic carbocycles. The molecule has 2 aromatic carbocycles. The molecule has 0 aliphatic heterocycles. The number of hydrogen-bond acceptors (Lipinski definition) is 3. The van der Waals surface area contributed by atoms with Gasteiger partial charge in [0.1, 0.15) is 0 Å². The van der Waals surface area contributed by atoms with Crippen LogP contribution in [-0.4, -0.2) is 6.26 Å². The summed E-state index contributed by atoms with van der Waals surface area (Å²) in [5.74, 6) is 0.961. The lowest BCUT2D eigenvalue weighted by molar-refractivity contribution is 1.32. The fraction of sp³-hybridized carbons (Fsp3) is 0.200. The number of aryl methyl sites for hydroxylation is 1. The fourth-order valence-corrected chi connectivity index (χ4v) is 3.08. The molecule has 0 spiro atoms. The quantitative estimate of drug-likeness (QED) is 0.653. The van der Waals surface area contributed by atoms with E-state index in [2.05, 4.69) is 42.7 Å². The standard InChI is InChI=1S/C15H17NS2/c1-11-4-3-5-14(15(11)16)18-10-12-6-8-13(17-2)9-7-12/h3-9H,10,16H2,1-2H3. The zero-order valence-electron chi connectivity index (χ0n) is 10.6. The lowest BCUT2D eigenvalue weighted by Crippen LogP contribution is -1.92. The first kappa shape index (κ1) is 13.4. The van der Waals surface area contributed by atoms with E-state index in [1.54, 1.807) is 23.5 Å². The summed E-state index contributed by atoms with van der Waals surface area (Å²) in [5.41, 5.74) is 9.46. The molecule has 3 heteroatoms. The van der Waals surface area contributed by atoms with Crippen molar-refractivity contribution in [3.8, 4) is 0 Å². The van der Waals surface area contributed by atoms with Crippen LogP contribution in [0.5, 0.6) is 0 Å². The second-order valence-corrected chi connectivity index (χ2v) is 6.02. The van der Waals surface area contributed by atoms with Crippen LogP contribution in [0.25, 0.3) is 0 Å². The van der Waals surface area contributed by atoms with E-state index in [0.29, 0.717) is 0 Å². The summed E-state index contributed by atoms with van der Waals surface area (Å²) in [5, 5.41) is 0. The molecule has 0 atom stereocenters. The molecule has 2 aromatic rings. The Kier molecular flexibility index (Phi) is 4.61. The average Bonchev–Trinajstić information content (AvgIpc) is 2.41. The summed E-state index contributed by atoms with van der Waals surface area (Å²) in [6, 6.07) is 14.9. The predicted octanol–water partition coefficient (Wildman–Crippen LogP) is 4.59. The largest absolute Gasteiger partial charge is 0.398 e. The fourth-order valence-electron chi connectivity index (χ4n) is 1.66. The molecule has 0 fully saturated rings. The van der Waals surface area contributed by atoms with E-state index < -0.39 is 0 Å². The van der Waals surface area contributed by atoms with Crippen LogP contribution in [0.1, 0.15) is 11.1 Å². The lowest BCUT2D eigenvalue weighted by atomic mass is 10.2. The number of hydrogen-bond donors (Lipinski definition) is 1. The van der Waals surface area contributed by atoms with E-state index in [-0.39, 0.29) is 0 Å². The first-order valence-corrected chi connectivity index (χ1v) is 8.02. The normalized spacial score (nSPS) is 10.6. The maximum absolute atomic E-state index is 6.07. The summed E-state index contributed by atoms with van der Waals surface area (Å²) < 4.78 is 0. The molecule has 0 saturated heterocycles. The SMILES string of the molecule is CSc1ccc(CSc2cccc(C)c2N)cc1. The summed E-state index contributed by atoms with van der Waals surface area (Å²) >= 11 is 3.57. The minimum atomic E-state index is 0.906. The molecule has 0 radical (unpaired) electrons. The van der Waals surface area contributed by atoms with Gasteiger partial charge >= 0.3 is 0 Å². The Labute approximate surface area is 117 Å².